The molecule has 29 heavy (non-hydrogen) atoms. The molecule has 3 aromatic rings. The summed E-state index contributed by atoms with van der Waals surface area (Å²) < 4.78 is 0.978. The molecule has 3 aromatic carbocycles. The van der Waals surface area contributed by atoms with Crippen molar-refractivity contribution in [2.75, 3.05) is 0 Å². The van der Waals surface area contributed by atoms with Gasteiger partial charge in [0.25, 0.3) is 5.91 Å². The van der Waals surface area contributed by atoms with Gasteiger partial charge in [-0.05, 0) is 41.5 Å². The van der Waals surface area contributed by atoms with Gasteiger partial charge in [-0.15, -0.1) is 0 Å². The molecular weight excluding hydrogens is 450 g/mol. The summed E-state index contributed by atoms with van der Waals surface area (Å²) in [5.41, 5.74) is 2.85. The van der Waals surface area contributed by atoms with E-state index in [2.05, 4.69) is 26.0 Å². The van der Waals surface area contributed by atoms with Gasteiger partial charge in [0, 0.05) is 15.1 Å². The van der Waals surface area contributed by atoms with E-state index in [0.717, 1.165) is 21.2 Å². The van der Waals surface area contributed by atoms with E-state index >= 15 is 0 Å². The minimum atomic E-state index is -0.285. The highest BCUT2D eigenvalue weighted by atomic mass is 79.9. The summed E-state index contributed by atoms with van der Waals surface area (Å²) in [7, 11) is 0. The third kappa shape index (κ3) is 4.53. The first kappa shape index (κ1) is 19.3. The van der Waals surface area contributed by atoms with Gasteiger partial charge < -0.3 is 0 Å². The van der Waals surface area contributed by atoms with Gasteiger partial charge in [0.2, 0.25) is 0 Å². The molecule has 0 unspecified atom stereocenters. The summed E-state index contributed by atoms with van der Waals surface area (Å²) in [4.78, 5) is 17.6. The molecule has 1 amide bonds. The largest absolute Gasteiger partial charge is 0.298 e. The molecule has 6 heteroatoms. The summed E-state index contributed by atoms with van der Waals surface area (Å²) in [6.07, 6.45) is 3.38. The predicted molar refractivity (Wildman–Crippen MR) is 121 cm³/mol. The number of hydrogen-bond acceptors (Lipinski definition) is 3. The topological polar surface area (TPSA) is 45.0 Å². The van der Waals surface area contributed by atoms with Gasteiger partial charge in [0.1, 0.15) is 5.70 Å². The Kier molecular flexibility index (Phi) is 5.69. The van der Waals surface area contributed by atoms with E-state index < -0.39 is 0 Å². The van der Waals surface area contributed by atoms with Crippen molar-refractivity contribution in [2.24, 2.45) is 10.1 Å². The molecule has 0 fully saturated rings. The van der Waals surface area contributed by atoms with Crippen LogP contribution in [-0.4, -0.2) is 23.0 Å². The van der Waals surface area contributed by atoms with Crippen LogP contribution in [0.1, 0.15) is 16.7 Å². The van der Waals surface area contributed by atoms with Gasteiger partial charge in [-0.25, -0.2) is 4.99 Å². The van der Waals surface area contributed by atoms with Crippen molar-refractivity contribution < 1.29 is 4.79 Å². The van der Waals surface area contributed by atoms with Crippen LogP contribution < -0.4 is 0 Å². The van der Waals surface area contributed by atoms with Crippen LogP contribution in [0.3, 0.4) is 0 Å². The normalized spacial score (nSPS) is 15.4. The average molecular weight is 465 g/mol. The van der Waals surface area contributed by atoms with Gasteiger partial charge in [0.15, 0.2) is 5.84 Å². The van der Waals surface area contributed by atoms with E-state index in [0.29, 0.717) is 16.6 Å². The maximum Gasteiger partial charge on any atom is 0.298 e. The van der Waals surface area contributed by atoms with Crippen molar-refractivity contribution in [3.05, 3.63) is 111 Å². The molecule has 0 radical (unpaired) electrons. The molecule has 0 atom stereocenters. The molecule has 0 bridgehead atoms. The second-order valence-electron chi connectivity index (χ2n) is 6.30. The van der Waals surface area contributed by atoms with Crippen LogP contribution in [0, 0.1) is 0 Å². The van der Waals surface area contributed by atoms with Crippen LogP contribution >= 0.6 is 27.5 Å². The molecular formula is C23H15BrClN3O. The molecule has 1 heterocycles. The maximum atomic E-state index is 13.0. The smallest absolute Gasteiger partial charge is 0.265 e. The molecule has 4 nitrogen and oxygen atoms in total. The van der Waals surface area contributed by atoms with Crippen LogP contribution in [0.25, 0.3) is 6.08 Å². The Labute approximate surface area is 182 Å². The number of hydrazone groups is 1. The number of amides is 1. The van der Waals surface area contributed by atoms with Crippen molar-refractivity contribution in [1.82, 2.24) is 5.01 Å². The fourth-order valence-corrected chi connectivity index (χ4v) is 3.17. The van der Waals surface area contributed by atoms with Gasteiger partial charge in [0.05, 0.1) is 6.21 Å². The lowest BCUT2D eigenvalue weighted by Crippen LogP contribution is -2.27. The number of carbonyl (C=O) groups is 1. The Hall–Kier alpha value is -3.02. The number of halogens is 2. The summed E-state index contributed by atoms with van der Waals surface area (Å²) in [6.45, 7) is 0. The Bertz CT molecular complexity index is 1120. The van der Waals surface area contributed by atoms with Crippen LogP contribution in [0.5, 0.6) is 0 Å². The first-order valence-electron chi connectivity index (χ1n) is 8.85. The van der Waals surface area contributed by atoms with Gasteiger partial charge in [-0.1, -0.05) is 82.1 Å². The monoisotopic (exact) mass is 463 g/mol. The molecule has 0 saturated heterocycles. The summed E-state index contributed by atoms with van der Waals surface area (Å²) in [5.74, 6) is 0.205. The van der Waals surface area contributed by atoms with Gasteiger partial charge in [-0.3, -0.25) is 4.79 Å². The minimum absolute atomic E-state index is 0.285. The van der Waals surface area contributed by atoms with Crippen LogP contribution in [0.2, 0.25) is 5.02 Å². The highest BCUT2D eigenvalue weighted by Crippen LogP contribution is 2.23. The zero-order chi connectivity index (χ0) is 20.2. The Morgan fingerprint density at radius 3 is 2.24 bits per heavy atom. The number of aliphatic imine (C=N–C) groups is 1. The third-order valence-electron chi connectivity index (χ3n) is 4.24. The molecule has 142 valence electrons. The number of amidine groups is 1. The number of nitrogens with zero attached hydrogens (tertiary/aromatic N) is 3. The lowest BCUT2D eigenvalue weighted by molar-refractivity contribution is -0.122. The van der Waals surface area contributed by atoms with Crippen molar-refractivity contribution in [3.8, 4) is 0 Å². The van der Waals surface area contributed by atoms with Crippen molar-refractivity contribution >= 4 is 51.6 Å². The SMILES string of the molecule is O=C1/C(=C/c2ccc(Cl)cc2)N=C(c2ccccc2)N1/N=C/c1ccc(Br)cc1. The molecule has 0 aliphatic carbocycles. The minimum Gasteiger partial charge on any atom is -0.265 e. The van der Waals surface area contributed by atoms with E-state index in [1.807, 2.05) is 66.7 Å². The second kappa shape index (κ2) is 8.55. The zero-order valence-corrected chi connectivity index (χ0v) is 17.5. The average Bonchev–Trinajstić information content (AvgIpc) is 3.05. The molecule has 0 aromatic heterocycles. The van der Waals surface area contributed by atoms with Crippen LogP contribution in [0.15, 0.2) is 99.1 Å². The van der Waals surface area contributed by atoms with Gasteiger partial charge >= 0.3 is 0 Å². The number of benzene rings is 3. The molecule has 4 rings (SSSR count). The van der Waals surface area contributed by atoms with Crippen molar-refractivity contribution in [2.45, 2.75) is 0 Å². The Morgan fingerprint density at radius 1 is 0.897 bits per heavy atom. The molecule has 0 spiro atoms. The summed E-state index contributed by atoms with van der Waals surface area (Å²) >= 11 is 9.36. The summed E-state index contributed by atoms with van der Waals surface area (Å²) in [6, 6.07) is 24.4. The van der Waals surface area contributed by atoms with E-state index in [-0.39, 0.29) is 5.91 Å². The lowest BCUT2D eigenvalue weighted by Gasteiger charge is -2.11. The third-order valence-corrected chi connectivity index (χ3v) is 5.02. The predicted octanol–water partition coefficient (Wildman–Crippen LogP) is 5.77. The number of rotatable bonds is 4. The maximum absolute atomic E-state index is 13.0. The van der Waals surface area contributed by atoms with E-state index in [9.17, 15) is 4.79 Å². The molecule has 0 saturated carbocycles. The fourth-order valence-electron chi connectivity index (χ4n) is 2.78. The van der Waals surface area contributed by atoms with E-state index in [1.165, 1.54) is 5.01 Å². The molecule has 0 N–H and O–H groups in total. The van der Waals surface area contributed by atoms with E-state index in [4.69, 9.17) is 11.6 Å². The Morgan fingerprint density at radius 2 is 1.55 bits per heavy atom. The summed E-state index contributed by atoms with van der Waals surface area (Å²) in [5, 5.41) is 6.39. The van der Waals surface area contributed by atoms with Crippen molar-refractivity contribution in [3.63, 3.8) is 0 Å². The number of carbonyl (C=O) groups excluding carboxylic acids is 1. The van der Waals surface area contributed by atoms with Crippen molar-refractivity contribution in [1.29, 1.82) is 0 Å². The highest BCUT2D eigenvalue weighted by Gasteiger charge is 2.31. The highest BCUT2D eigenvalue weighted by molar-refractivity contribution is 9.10. The lowest BCUT2D eigenvalue weighted by atomic mass is 10.2. The fraction of sp³-hybridized carbons (Fsp3) is 0. The molecule has 1 aliphatic heterocycles. The standard InChI is InChI=1S/C23H15BrClN3O/c24-19-10-6-17(7-11-19)15-26-28-22(18-4-2-1-3-5-18)27-21(23(28)29)14-16-8-12-20(25)13-9-16/h1-15H/b21-14-,26-15+. The Balaban J connectivity index is 1.71. The van der Waals surface area contributed by atoms with Crippen LogP contribution in [-0.2, 0) is 4.79 Å². The number of hydrogen-bond donors (Lipinski definition) is 0. The quantitative estimate of drug-likeness (QED) is 0.357. The molecule has 1 aliphatic rings. The zero-order valence-electron chi connectivity index (χ0n) is 15.2. The van der Waals surface area contributed by atoms with Gasteiger partial charge in [-0.2, -0.15) is 10.1 Å². The van der Waals surface area contributed by atoms with Crippen LogP contribution in [0.4, 0.5) is 0 Å². The van der Waals surface area contributed by atoms with E-state index in [1.54, 1.807) is 24.4 Å². The second-order valence-corrected chi connectivity index (χ2v) is 7.65. The first-order valence-corrected chi connectivity index (χ1v) is 10.0. The first-order chi connectivity index (χ1) is 14.1.